The van der Waals surface area contributed by atoms with Gasteiger partial charge < -0.3 is 15.1 Å². The van der Waals surface area contributed by atoms with Crippen molar-refractivity contribution >= 4 is 28.6 Å². The van der Waals surface area contributed by atoms with Crippen LogP contribution in [0.25, 0.3) is 10.6 Å². The highest BCUT2D eigenvalue weighted by Crippen LogP contribution is 2.24. The Hall–Kier alpha value is -2.70. The van der Waals surface area contributed by atoms with E-state index in [1.165, 1.54) is 17.0 Å². The topological polar surface area (TPSA) is 48.5 Å². The van der Waals surface area contributed by atoms with Crippen LogP contribution in [-0.2, 0) is 0 Å². The van der Waals surface area contributed by atoms with Crippen LogP contribution in [0, 0.1) is 0 Å². The number of hydrogen-bond donors (Lipinski definition) is 1. The number of likely N-dealkylation sites (N-methyl/N-ethyl adjacent to an activating group) is 1. The van der Waals surface area contributed by atoms with E-state index in [4.69, 9.17) is 0 Å². The van der Waals surface area contributed by atoms with Gasteiger partial charge in [0.25, 0.3) is 5.91 Å². The summed E-state index contributed by atoms with van der Waals surface area (Å²) in [5.41, 5.74) is 3.46. The standard InChI is InChI=1S/C22H24N4OS/c1-2-25-12-14-26(15-13-25)19-10-8-18(9-11-19)23-21(27)20-16-28-22(24-20)17-6-4-3-5-7-17/h3-11,16H,2,12-15H2,1H3,(H,23,27). The van der Waals surface area contributed by atoms with Crippen molar-refractivity contribution in [2.45, 2.75) is 6.92 Å². The second-order valence-corrected chi connectivity index (χ2v) is 7.68. The second kappa shape index (κ2) is 8.54. The Kier molecular flexibility index (Phi) is 5.69. The zero-order valence-corrected chi connectivity index (χ0v) is 16.8. The fourth-order valence-electron chi connectivity index (χ4n) is 3.36. The summed E-state index contributed by atoms with van der Waals surface area (Å²) >= 11 is 1.48. The first-order valence-corrected chi connectivity index (χ1v) is 10.5. The molecular weight excluding hydrogens is 368 g/mol. The van der Waals surface area contributed by atoms with E-state index in [-0.39, 0.29) is 5.91 Å². The van der Waals surface area contributed by atoms with Crippen molar-refractivity contribution in [3.05, 3.63) is 65.7 Å². The number of anilines is 2. The predicted molar refractivity (Wildman–Crippen MR) is 116 cm³/mol. The van der Waals surface area contributed by atoms with Gasteiger partial charge in [-0.1, -0.05) is 37.3 Å². The first-order chi connectivity index (χ1) is 13.7. The molecule has 1 fully saturated rings. The van der Waals surface area contributed by atoms with Gasteiger partial charge in [0.15, 0.2) is 0 Å². The second-order valence-electron chi connectivity index (χ2n) is 6.83. The molecule has 0 aliphatic carbocycles. The lowest BCUT2D eigenvalue weighted by atomic mass is 10.2. The Bertz CT molecular complexity index is 915. The van der Waals surface area contributed by atoms with Gasteiger partial charge in [-0.05, 0) is 30.8 Å². The third kappa shape index (κ3) is 4.24. The lowest BCUT2D eigenvalue weighted by Gasteiger charge is -2.35. The largest absolute Gasteiger partial charge is 0.369 e. The lowest BCUT2D eigenvalue weighted by Crippen LogP contribution is -2.46. The van der Waals surface area contributed by atoms with E-state index >= 15 is 0 Å². The summed E-state index contributed by atoms with van der Waals surface area (Å²) in [5.74, 6) is -0.178. The molecule has 144 valence electrons. The monoisotopic (exact) mass is 392 g/mol. The third-order valence-corrected chi connectivity index (χ3v) is 5.96. The Labute approximate surface area is 169 Å². The van der Waals surface area contributed by atoms with Gasteiger partial charge in [-0.25, -0.2) is 4.98 Å². The predicted octanol–water partition coefficient (Wildman–Crippen LogP) is 4.20. The molecule has 3 aromatic rings. The molecule has 1 N–H and O–H groups in total. The van der Waals surface area contributed by atoms with Crippen LogP contribution in [-0.4, -0.2) is 48.5 Å². The van der Waals surface area contributed by atoms with Crippen molar-refractivity contribution < 1.29 is 4.79 Å². The van der Waals surface area contributed by atoms with Gasteiger partial charge in [0, 0.05) is 48.5 Å². The van der Waals surface area contributed by atoms with Crippen LogP contribution in [0.1, 0.15) is 17.4 Å². The summed E-state index contributed by atoms with van der Waals surface area (Å²) in [5, 5.41) is 5.61. The highest BCUT2D eigenvalue weighted by Gasteiger charge is 2.16. The molecule has 28 heavy (non-hydrogen) atoms. The summed E-state index contributed by atoms with van der Waals surface area (Å²) in [4.78, 5) is 21.9. The molecule has 0 spiro atoms. The summed E-state index contributed by atoms with van der Waals surface area (Å²) < 4.78 is 0. The Morgan fingerprint density at radius 3 is 2.43 bits per heavy atom. The van der Waals surface area contributed by atoms with Gasteiger partial charge in [-0.15, -0.1) is 11.3 Å². The number of carbonyl (C=O) groups is 1. The van der Waals surface area contributed by atoms with E-state index in [2.05, 4.69) is 39.2 Å². The van der Waals surface area contributed by atoms with Crippen LogP contribution >= 0.6 is 11.3 Å². The van der Waals surface area contributed by atoms with Crippen LogP contribution < -0.4 is 10.2 Å². The molecule has 1 aromatic heterocycles. The number of thiazole rings is 1. The van der Waals surface area contributed by atoms with E-state index in [0.29, 0.717) is 5.69 Å². The highest BCUT2D eigenvalue weighted by atomic mass is 32.1. The normalized spacial score (nSPS) is 14.8. The zero-order valence-electron chi connectivity index (χ0n) is 16.0. The molecule has 0 unspecified atom stereocenters. The van der Waals surface area contributed by atoms with E-state index in [1.807, 2.05) is 42.5 Å². The molecule has 0 radical (unpaired) electrons. The fraction of sp³-hybridized carbons (Fsp3) is 0.273. The molecule has 0 bridgehead atoms. The van der Waals surface area contributed by atoms with Crippen molar-refractivity contribution in [3.8, 4) is 10.6 Å². The van der Waals surface area contributed by atoms with Crippen LogP contribution in [0.3, 0.4) is 0 Å². The minimum absolute atomic E-state index is 0.178. The Morgan fingerprint density at radius 1 is 1.04 bits per heavy atom. The van der Waals surface area contributed by atoms with Gasteiger partial charge in [0.05, 0.1) is 0 Å². The number of rotatable bonds is 5. The maximum atomic E-state index is 12.5. The number of piperazine rings is 1. The maximum Gasteiger partial charge on any atom is 0.275 e. The lowest BCUT2D eigenvalue weighted by molar-refractivity contribution is 0.102. The van der Waals surface area contributed by atoms with Gasteiger partial charge in [-0.2, -0.15) is 0 Å². The van der Waals surface area contributed by atoms with Crippen LogP contribution in [0.15, 0.2) is 60.0 Å². The molecule has 6 heteroatoms. The molecule has 2 aromatic carbocycles. The average molecular weight is 393 g/mol. The van der Waals surface area contributed by atoms with Crippen LogP contribution in [0.2, 0.25) is 0 Å². The number of nitrogens with one attached hydrogen (secondary N) is 1. The van der Waals surface area contributed by atoms with Crippen molar-refractivity contribution in [1.29, 1.82) is 0 Å². The number of carbonyl (C=O) groups excluding carboxylic acids is 1. The molecule has 0 atom stereocenters. The highest BCUT2D eigenvalue weighted by molar-refractivity contribution is 7.13. The summed E-state index contributed by atoms with van der Waals surface area (Å²) in [7, 11) is 0. The van der Waals surface area contributed by atoms with Crippen molar-refractivity contribution in [2.24, 2.45) is 0 Å². The molecule has 1 amide bonds. The SMILES string of the molecule is CCN1CCN(c2ccc(NC(=O)c3csc(-c4ccccc4)n3)cc2)CC1. The van der Waals surface area contributed by atoms with Gasteiger partial charge in [0.1, 0.15) is 10.7 Å². The number of hydrogen-bond acceptors (Lipinski definition) is 5. The van der Waals surface area contributed by atoms with Crippen molar-refractivity contribution in [2.75, 3.05) is 42.9 Å². The van der Waals surface area contributed by atoms with Gasteiger partial charge in [-0.3, -0.25) is 4.79 Å². The first kappa shape index (κ1) is 18.7. The van der Waals surface area contributed by atoms with E-state index in [1.54, 1.807) is 5.38 Å². The minimum atomic E-state index is -0.178. The molecular formula is C22H24N4OS. The smallest absolute Gasteiger partial charge is 0.275 e. The Balaban J connectivity index is 1.38. The van der Waals surface area contributed by atoms with E-state index in [9.17, 15) is 4.79 Å². The van der Waals surface area contributed by atoms with Crippen molar-refractivity contribution in [3.63, 3.8) is 0 Å². The summed E-state index contributed by atoms with van der Waals surface area (Å²) in [6, 6.07) is 18.0. The van der Waals surface area contributed by atoms with Gasteiger partial charge in [0.2, 0.25) is 0 Å². The fourth-order valence-corrected chi connectivity index (χ4v) is 4.17. The molecule has 2 heterocycles. The zero-order chi connectivity index (χ0) is 19.3. The number of nitrogens with zero attached hydrogens (tertiary/aromatic N) is 3. The number of aromatic nitrogens is 1. The third-order valence-electron chi connectivity index (χ3n) is 5.07. The average Bonchev–Trinajstić information content (AvgIpc) is 3.26. The molecule has 5 nitrogen and oxygen atoms in total. The molecule has 4 rings (SSSR count). The number of amides is 1. The van der Waals surface area contributed by atoms with E-state index in [0.717, 1.165) is 49.0 Å². The van der Waals surface area contributed by atoms with Crippen molar-refractivity contribution in [1.82, 2.24) is 9.88 Å². The summed E-state index contributed by atoms with van der Waals surface area (Å²) in [6.07, 6.45) is 0. The molecule has 1 aliphatic heterocycles. The molecule has 1 saturated heterocycles. The molecule has 1 aliphatic rings. The first-order valence-electron chi connectivity index (χ1n) is 9.62. The quantitative estimate of drug-likeness (QED) is 0.707. The summed E-state index contributed by atoms with van der Waals surface area (Å²) in [6.45, 7) is 7.60. The number of benzene rings is 2. The van der Waals surface area contributed by atoms with Crippen LogP contribution in [0.4, 0.5) is 11.4 Å². The Morgan fingerprint density at radius 2 is 1.75 bits per heavy atom. The van der Waals surface area contributed by atoms with Crippen LogP contribution in [0.5, 0.6) is 0 Å². The molecule has 0 saturated carbocycles. The van der Waals surface area contributed by atoms with E-state index < -0.39 is 0 Å². The minimum Gasteiger partial charge on any atom is -0.369 e. The van der Waals surface area contributed by atoms with Gasteiger partial charge >= 0.3 is 0 Å². The maximum absolute atomic E-state index is 12.5.